The lowest BCUT2D eigenvalue weighted by molar-refractivity contribution is -0.155. The third kappa shape index (κ3) is 4.69. The van der Waals surface area contributed by atoms with Gasteiger partial charge in [-0.2, -0.15) is 13.2 Å². The Labute approximate surface area is 139 Å². The van der Waals surface area contributed by atoms with Gasteiger partial charge in [-0.05, 0) is 37.0 Å². The SMILES string of the molecule is C=C.COC(=O)C1(Cc2ccc(C(F)(F)F)cc2)CCC(=O)CC1. The van der Waals surface area contributed by atoms with Crippen molar-refractivity contribution in [2.45, 2.75) is 38.3 Å². The molecule has 0 unspecified atom stereocenters. The lowest BCUT2D eigenvalue weighted by Gasteiger charge is -2.34. The van der Waals surface area contributed by atoms with Gasteiger partial charge in [-0.15, -0.1) is 13.2 Å². The number of Topliss-reactive ketones (excluding diaryl/α,β-unsaturated/α-hetero) is 1. The van der Waals surface area contributed by atoms with E-state index in [1.165, 1.54) is 19.2 Å². The van der Waals surface area contributed by atoms with Crippen LogP contribution < -0.4 is 0 Å². The van der Waals surface area contributed by atoms with Crippen molar-refractivity contribution in [2.24, 2.45) is 5.41 Å². The summed E-state index contributed by atoms with van der Waals surface area (Å²) in [4.78, 5) is 23.5. The molecule has 0 N–H and O–H groups in total. The number of hydrogen-bond donors (Lipinski definition) is 0. The number of rotatable bonds is 3. The van der Waals surface area contributed by atoms with Crippen LogP contribution in [0.2, 0.25) is 0 Å². The number of methoxy groups -OCH3 is 1. The highest BCUT2D eigenvalue weighted by Crippen LogP contribution is 2.39. The quantitative estimate of drug-likeness (QED) is 0.606. The molecule has 0 radical (unpaired) electrons. The molecule has 3 nitrogen and oxygen atoms in total. The highest BCUT2D eigenvalue weighted by Gasteiger charge is 2.42. The van der Waals surface area contributed by atoms with Crippen LogP contribution in [-0.2, 0) is 26.9 Å². The average Bonchev–Trinajstić information content (AvgIpc) is 2.58. The van der Waals surface area contributed by atoms with E-state index in [4.69, 9.17) is 4.74 Å². The molecule has 0 bridgehead atoms. The lowest BCUT2D eigenvalue weighted by Crippen LogP contribution is -2.38. The second-order valence-electron chi connectivity index (χ2n) is 5.68. The van der Waals surface area contributed by atoms with Crippen molar-refractivity contribution in [2.75, 3.05) is 7.11 Å². The summed E-state index contributed by atoms with van der Waals surface area (Å²) in [5.41, 5.74) is -0.905. The molecule has 0 spiro atoms. The maximum atomic E-state index is 12.6. The van der Waals surface area contributed by atoms with Crippen LogP contribution in [0.4, 0.5) is 13.2 Å². The summed E-state index contributed by atoms with van der Waals surface area (Å²) in [6.07, 6.45) is -2.74. The topological polar surface area (TPSA) is 43.4 Å². The van der Waals surface area contributed by atoms with Crippen molar-refractivity contribution in [3.05, 3.63) is 48.6 Å². The molecule has 1 saturated carbocycles. The molecule has 1 aliphatic rings. The maximum absolute atomic E-state index is 12.6. The Morgan fingerprint density at radius 3 is 2.08 bits per heavy atom. The van der Waals surface area contributed by atoms with Crippen LogP contribution in [0.3, 0.4) is 0 Å². The summed E-state index contributed by atoms with van der Waals surface area (Å²) >= 11 is 0. The minimum absolute atomic E-state index is 0.104. The molecule has 6 heteroatoms. The van der Waals surface area contributed by atoms with Crippen molar-refractivity contribution in [3.8, 4) is 0 Å². The van der Waals surface area contributed by atoms with Crippen molar-refractivity contribution in [1.29, 1.82) is 0 Å². The molecule has 2 rings (SSSR count). The Morgan fingerprint density at radius 1 is 1.17 bits per heavy atom. The van der Waals surface area contributed by atoms with Crippen molar-refractivity contribution in [1.82, 2.24) is 0 Å². The first kappa shape index (κ1) is 19.9. The fourth-order valence-corrected chi connectivity index (χ4v) is 2.88. The van der Waals surface area contributed by atoms with Crippen LogP contribution in [0.15, 0.2) is 37.4 Å². The Bertz CT molecular complexity index is 566. The van der Waals surface area contributed by atoms with Gasteiger partial charge in [0.2, 0.25) is 0 Å². The van der Waals surface area contributed by atoms with E-state index in [9.17, 15) is 22.8 Å². The number of ether oxygens (including phenoxy) is 1. The third-order valence-corrected chi connectivity index (χ3v) is 4.21. The lowest BCUT2D eigenvalue weighted by atomic mass is 9.70. The molecule has 0 heterocycles. The number of carbonyl (C=O) groups is 2. The summed E-state index contributed by atoms with van der Waals surface area (Å²) < 4.78 is 42.6. The molecule has 132 valence electrons. The van der Waals surface area contributed by atoms with Crippen molar-refractivity contribution < 1.29 is 27.5 Å². The first-order chi connectivity index (χ1) is 11.3. The van der Waals surface area contributed by atoms with Gasteiger partial charge in [-0.1, -0.05) is 12.1 Å². The second kappa shape index (κ2) is 8.13. The molecule has 0 aliphatic heterocycles. The average molecular weight is 342 g/mol. The first-order valence-corrected chi connectivity index (χ1v) is 7.53. The maximum Gasteiger partial charge on any atom is 0.416 e. The first-order valence-electron chi connectivity index (χ1n) is 7.53. The molecular weight excluding hydrogens is 321 g/mol. The molecule has 1 aliphatic carbocycles. The number of benzene rings is 1. The van der Waals surface area contributed by atoms with Gasteiger partial charge >= 0.3 is 12.1 Å². The molecule has 1 aromatic rings. The standard InChI is InChI=1S/C16H17F3O3.C2H4/c1-22-14(21)15(8-6-13(20)7-9-15)10-11-2-4-12(5-3-11)16(17,18)19;1-2/h2-5H,6-10H2,1H3;1-2H2. The van der Waals surface area contributed by atoms with Crippen LogP contribution in [0.25, 0.3) is 0 Å². The van der Waals surface area contributed by atoms with Gasteiger partial charge in [0.1, 0.15) is 5.78 Å². The number of ketones is 1. The molecule has 0 atom stereocenters. The monoisotopic (exact) mass is 342 g/mol. The Morgan fingerprint density at radius 2 is 1.67 bits per heavy atom. The minimum Gasteiger partial charge on any atom is -0.469 e. The summed E-state index contributed by atoms with van der Waals surface area (Å²) in [5.74, 6) is -0.299. The van der Waals surface area contributed by atoms with Gasteiger partial charge < -0.3 is 4.74 Å². The second-order valence-corrected chi connectivity index (χ2v) is 5.68. The molecular formula is C18H21F3O3. The molecule has 0 saturated heterocycles. The van der Waals surface area contributed by atoms with Crippen LogP contribution in [-0.4, -0.2) is 18.9 Å². The summed E-state index contributed by atoms with van der Waals surface area (Å²) in [6, 6.07) is 4.77. The predicted molar refractivity (Wildman–Crippen MR) is 84.3 cm³/mol. The summed E-state index contributed by atoms with van der Waals surface area (Å²) in [5, 5.41) is 0. The summed E-state index contributed by atoms with van der Waals surface area (Å²) in [6.45, 7) is 6.00. The number of hydrogen-bond acceptors (Lipinski definition) is 3. The van der Waals surface area contributed by atoms with E-state index in [1.54, 1.807) is 0 Å². The van der Waals surface area contributed by atoms with Crippen LogP contribution in [0.1, 0.15) is 36.8 Å². The third-order valence-electron chi connectivity index (χ3n) is 4.21. The van der Waals surface area contributed by atoms with E-state index in [2.05, 4.69) is 13.2 Å². The molecule has 0 aromatic heterocycles. The molecule has 0 amide bonds. The van der Waals surface area contributed by atoms with Crippen molar-refractivity contribution >= 4 is 11.8 Å². The van der Waals surface area contributed by atoms with Crippen LogP contribution >= 0.6 is 0 Å². The normalized spacial score (nSPS) is 16.8. The number of halogens is 3. The number of carbonyl (C=O) groups excluding carboxylic acids is 2. The smallest absolute Gasteiger partial charge is 0.416 e. The predicted octanol–water partition coefficient (Wildman–Crippen LogP) is 4.35. The van der Waals surface area contributed by atoms with E-state index < -0.39 is 23.1 Å². The molecule has 1 fully saturated rings. The van der Waals surface area contributed by atoms with Crippen molar-refractivity contribution in [3.63, 3.8) is 0 Å². The fraction of sp³-hybridized carbons (Fsp3) is 0.444. The highest BCUT2D eigenvalue weighted by atomic mass is 19.4. The zero-order valence-corrected chi connectivity index (χ0v) is 13.6. The van der Waals surface area contributed by atoms with Gasteiger partial charge in [0, 0.05) is 12.8 Å². The van der Waals surface area contributed by atoms with Gasteiger partial charge in [-0.25, -0.2) is 0 Å². The molecule has 24 heavy (non-hydrogen) atoms. The highest BCUT2D eigenvalue weighted by molar-refractivity contribution is 5.84. The van der Waals surface area contributed by atoms with E-state index in [-0.39, 0.29) is 12.2 Å². The fourth-order valence-electron chi connectivity index (χ4n) is 2.88. The van der Waals surface area contributed by atoms with Crippen LogP contribution in [0.5, 0.6) is 0 Å². The Hall–Kier alpha value is -2.11. The Kier molecular flexibility index (Phi) is 6.75. The van der Waals surface area contributed by atoms with Crippen LogP contribution in [0, 0.1) is 5.41 Å². The Balaban J connectivity index is 0.00000139. The number of esters is 1. The van der Waals surface area contributed by atoms with Gasteiger partial charge in [-0.3, -0.25) is 9.59 Å². The van der Waals surface area contributed by atoms with E-state index in [0.29, 0.717) is 31.2 Å². The summed E-state index contributed by atoms with van der Waals surface area (Å²) in [7, 11) is 1.28. The largest absolute Gasteiger partial charge is 0.469 e. The zero-order valence-electron chi connectivity index (χ0n) is 13.6. The van der Waals surface area contributed by atoms with E-state index in [0.717, 1.165) is 12.1 Å². The molecule has 1 aromatic carbocycles. The van der Waals surface area contributed by atoms with Gasteiger partial charge in [0.25, 0.3) is 0 Å². The zero-order chi connectivity index (χ0) is 18.4. The van der Waals surface area contributed by atoms with E-state index in [1.807, 2.05) is 0 Å². The van der Waals surface area contributed by atoms with E-state index >= 15 is 0 Å². The number of alkyl halides is 3. The van der Waals surface area contributed by atoms with Gasteiger partial charge in [0.15, 0.2) is 0 Å². The van der Waals surface area contributed by atoms with Gasteiger partial charge in [0.05, 0.1) is 18.1 Å². The minimum atomic E-state index is -4.38.